The number of benzene rings is 1. The Morgan fingerprint density at radius 3 is 2.85 bits per heavy atom. The maximum absolute atomic E-state index is 6.17. The zero-order valence-corrected chi connectivity index (χ0v) is 12.6. The van der Waals surface area contributed by atoms with Crippen molar-refractivity contribution >= 4 is 11.6 Å². The summed E-state index contributed by atoms with van der Waals surface area (Å²) in [7, 11) is 1.86. The molecular weight excluding hydrogens is 278 g/mol. The molecule has 0 unspecified atom stereocenters. The molecule has 0 spiro atoms. The second-order valence-electron chi connectivity index (χ2n) is 4.74. The van der Waals surface area contributed by atoms with E-state index < -0.39 is 0 Å². The van der Waals surface area contributed by atoms with Crippen molar-refractivity contribution in [3.63, 3.8) is 0 Å². The molecule has 108 valence electrons. The first-order chi connectivity index (χ1) is 9.61. The van der Waals surface area contributed by atoms with Gasteiger partial charge >= 0.3 is 0 Å². The Kier molecular flexibility index (Phi) is 4.98. The summed E-state index contributed by atoms with van der Waals surface area (Å²) in [4.78, 5) is 4.27. The zero-order chi connectivity index (χ0) is 14.5. The first kappa shape index (κ1) is 14.8. The Morgan fingerprint density at radius 2 is 2.20 bits per heavy atom. The molecule has 0 bridgehead atoms. The standard InChI is InChI=1S/C14H18ClN3O2/c1-9(2)14-17-13(18-20-14)8-19-12-6-4-5-11(15)10(12)7-16-3/h4-6,9,16H,7-8H2,1-3H3. The Balaban J connectivity index is 2.08. The molecule has 0 aliphatic rings. The maximum atomic E-state index is 6.17. The molecule has 0 saturated carbocycles. The van der Waals surface area contributed by atoms with E-state index >= 15 is 0 Å². The van der Waals surface area contributed by atoms with Gasteiger partial charge in [-0.2, -0.15) is 4.98 Å². The summed E-state index contributed by atoms with van der Waals surface area (Å²) in [5.41, 5.74) is 0.921. The largest absolute Gasteiger partial charge is 0.485 e. The van der Waals surface area contributed by atoms with Crippen LogP contribution in [0, 0.1) is 0 Å². The summed E-state index contributed by atoms with van der Waals surface area (Å²) in [5, 5.41) is 7.63. The molecule has 0 radical (unpaired) electrons. The second-order valence-corrected chi connectivity index (χ2v) is 5.15. The fraction of sp³-hybridized carbons (Fsp3) is 0.429. The van der Waals surface area contributed by atoms with Crippen molar-refractivity contribution in [2.24, 2.45) is 0 Å². The van der Waals surface area contributed by atoms with E-state index in [0.717, 1.165) is 11.3 Å². The van der Waals surface area contributed by atoms with Crippen LogP contribution in [0.25, 0.3) is 0 Å². The van der Waals surface area contributed by atoms with Crippen molar-refractivity contribution in [2.45, 2.75) is 32.9 Å². The van der Waals surface area contributed by atoms with Crippen LogP contribution in [-0.4, -0.2) is 17.2 Å². The van der Waals surface area contributed by atoms with Crippen LogP contribution in [0.4, 0.5) is 0 Å². The van der Waals surface area contributed by atoms with Gasteiger partial charge in [0.1, 0.15) is 5.75 Å². The minimum atomic E-state index is 0.210. The van der Waals surface area contributed by atoms with Gasteiger partial charge in [-0.15, -0.1) is 0 Å². The predicted molar refractivity (Wildman–Crippen MR) is 76.9 cm³/mol. The predicted octanol–water partition coefficient (Wildman–Crippen LogP) is 3.14. The normalized spacial score (nSPS) is 11.1. The number of ether oxygens (including phenoxy) is 1. The van der Waals surface area contributed by atoms with E-state index in [0.29, 0.717) is 23.3 Å². The van der Waals surface area contributed by atoms with Gasteiger partial charge in [-0.25, -0.2) is 0 Å². The molecule has 1 N–H and O–H groups in total. The highest BCUT2D eigenvalue weighted by atomic mass is 35.5. The fourth-order valence-electron chi connectivity index (χ4n) is 1.73. The fourth-order valence-corrected chi connectivity index (χ4v) is 1.96. The van der Waals surface area contributed by atoms with Gasteiger partial charge in [0.25, 0.3) is 0 Å². The van der Waals surface area contributed by atoms with Gasteiger partial charge in [-0.05, 0) is 19.2 Å². The van der Waals surface area contributed by atoms with E-state index in [1.54, 1.807) is 0 Å². The smallest absolute Gasteiger partial charge is 0.229 e. The maximum Gasteiger partial charge on any atom is 0.229 e. The van der Waals surface area contributed by atoms with E-state index in [2.05, 4.69) is 15.5 Å². The van der Waals surface area contributed by atoms with Crippen LogP contribution in [0.5, 0.6) is 5.75 Å². The lowest BCUT2D eigenvalue weighted by Crippen LogP contribution is -2.08. The van der Waals surface area contributed by atoms with Crippen LogP contribution < -0.4 is 10.1 Å². The Hall–Kier alpha value is -1.59. The number of hydrogen-bond donors (Lipinski definition) is 1. The second kappa shape index (κ2) is 6.72. The summed E-state index contributed by atoms with van der Waals surface area (Å²) >= 11 is 6.17. The molecule has 0 fully saturated rings. The summed E-state index contributed by atoms with van der Waals surface area (Å²) in [6.07, 6.45) is 0. The van der Waals surface area contributed by atoms with E-state index in [-0.39, 0.29) is 12.5 Å². The lowest BCUT2D eigenvalue weighted by atomic mass is 10.2. The molecule has 2 rings (SSSR count). The highest BCUT2D eigenvalue weighted by molar-refractivity contribution is 6.31. The van der Waals surface area contributed by atoms with Crippen LogP contribution >= 0.6 is 11.6 Å². The van der Waals surface area contributed by atoms with Crippen LogP contribution in [0.3, 0.4) is 0 Å². The van der Waals surface area contributed by atoms with Gasteiger partial charge in [0.15, 0.2) is 6.61 Å². The summed E-state index contributed by atoms with van der Waals surface area (Å²) in [6.45, 7) is 4.89. The molecule has 1 aromatic heterocycles. The lowest BCUT2D eigenvalue weighted by Gasteiger charge is -2.11. The third kappa shape index (κ3) is 3.49. The SMILES string of the molecule is CNCc1c(Cl)cccc1OCc1noc(C(C)C)n1. The third-order valence-corrected chi connectivity index (χ3v) is 3.12. The molecule has 20 heavy (non-hydrogen) atoms. The molecular formula is C14H18ClN3O2. The van der Waals surface area contributed by atoms with Crippen molar-refractivity contribution < 1.29 is 9.26 Å². The Bertz CT molecular complexity index is 569. The topological polar surface area (TPSA) is 60.2 Å². The molecule has 0 aliphatic heterocycles. The number of aromatic nitrogens is 2. The van der Waals surface area contributed by atoms with E-state index in [1.165, 1.54) is 0 Å². The van der Waals surface area contributed by atoms with Gasteiger partial charge in [0, 0.05) is 23.0 Å². The molecule has 0 saturated heterocycles. The molecule has 0 amide bonds. The van der Waals surface area contributed by atoms with E-state index in [1.807, 2.05) is 39.1 Å². The van der Waals surface area contributed by atoms with Crippen LogP contribution in [0.15, 0.2) is 22.7 Å². The van der Waals surface area contributed by atoms with Crippen molar-refractivity contribution in [1.82, 2.24) is 15.5 Å². The summed E-state index contributed by atoms with van der Waals surface area (Å²) in [5.74, 6) is 2.08. The number of nitrogens with one attached hydrogen (secondary N) is 1. The molecule has 1 aromatic carbocycles. The van der Waals surface area contributed by atoms with Crippen LogP contribution in [0.1, 0.15) is 37.0 Å². The van der Waals surface area contributed by atoms with E-state index in [9.17, 15) is 0 Å². The minimum absolute atomic E-state index is 0.210. The average molecular weight is 296 g/mol. The number of halogens is 1. The van der Waals surface area contributed by atoms with E-state index in [4.69, 9.17) is 20.9 Å². The Labute approximate surface area is 123 Å². The summed E-state index contributed by atoms with van der Waals surface area (Å²) in [6, 6.07) is 5.57. The average Bonchev–Trinajstić information content (AvgIpc) is 2.89. The highest BCUT2D eigenvalue weighted by Crippen LogP contribution is 2.26. The highest BCUT2D eigenvalue weighted by Gasteiger charge is 2.12. The molecule has 0 aliphatic carbocycles. The zero-order valence-electron chi connectivity index (χ0n) is 11.8. The van der Waals surface area contributed by atoms with Crippen molar-refractivity contribution in [3.8, 4) is 5.75 Å². The van der Waals surface area contributed by atoms with Crippen molar-refractivity contribution in [3.05, 3.63) is 40.5 Å². The first-order valence-electron chi connectivity index (χ1n) is 6.49. The van der Waals surface area contributed by atoms with Gasteiger partial charge in [-0.3, -0.25) is 0 Å². The van der Waals surface area contributed by atoms with Gasteiger partial charge < -0.3 is 14.6 Å². The first-order valence-corrected chi connectivity index (χ1v) is 6.87. The monoisotopic (exact) mass is 295 g/mol. The van der Waals surface area contributed by atoms with Crippen molar-refractivity contribution in [2.75, 3.05) is 7.05 Å². The summed E-state index contributed by atoms with van der Waals surface area (Å²) < 4.78 is 10.9. The van der Waals surface area contributed by atoms with Crippen LogP contribution in [0.2, 0.25) is 5.02 Å². The third-order valence-electron chi connectivity index (χ3n) is 2.76. The molecule has 0 atom stereocenters. The molecule has 2 aromatic rings. The molecule has 1 heterocycles. The minimum Gasteiger partial charge on any atom is -0.485 e. The van der Waals surface area contributed by atoms with Gasteiger partial charge in [-0.1, -0.05) is 36.7 Å². The number of hydrogen-bond acceptors (Lipinski definition) is 5. The van der Waals surface area contributed by atoms with Gasteiger partial charge in [0.2, 0.25) is 11.7 Å². The quantitative estimate of drug-likeness (QED) is 0.887. The van der Waals surface area contributed by atoms with Gasteiger partial charge in [0.05, 0.1) is 0 Å². The van der Waals surface area contributed by atoms with Crippen LogP contribution in [-0.2, 0) is 13.2 Å². The molecule has 6 heteroatoms. The number of nitrogens with zero attached hydrogens (tertiary/aromatic N) is 2. The lowest BCUT2D eigenvalue weighted by molar-refractivity contribution is 0.281. The Morgan fingerprint density at radius 1 is 1.40 bits per heavy atom. The molecule has 5 nitrogen and oxygen atoms in total. The number of rotatable bonds is 6. The van der Waals surface area contributed by atoms with Crippen molar-refractivity contribution in [1.29, 1.82) is 0 Å².